The molecule has 70 valence electrons. The minimum Gasteiger partial charge on any atom is -0.392 e. The summed E-state index contributed by atoms with van der Waals surface area (Å²) in [6, 6.07) is 0.776. The first-order valence-corrected chi connectivity index (χ1v) is 5.15. The van der Waals surface area contributed by atoms with Gasteiger partial charge in [-0.15, -0.1) is 0 Å². The third-order valence-corrected chi connectivity index (χ3v) is 3.34. The van der Waals surface area contributed by atoms with Crippen LogP contribution in [0.15, 0.2) is 0 Å². The first kappa shape index (κ1) is 8.52. The van der Waals surface area contributed by atoms with E-state index in [-0.39, 0.29) is 6.10 Å². The molecule has 2 aliphatic rings. The maximum Gasteiger partial charge on any atom is 0.0695 e. The van der Waals surface area contributed by atoms with Gasteiger partial charge in [0, 0.05) is 12.6 Å². The van der Waals surface area contributed by atoms with Crippen LogP contribution in [0.25, 0.3) is 0 Å². The number of rotatable bonds is 4. The molecule has 0 bridgehead atoms. The van der Waals surface area contributed by atoms with Crippen LogP contribution in [0.4, 0.5) is 0 Å². The normalized spacial score (nSPS) is 27.2. The lowest BCUT2D eigenvalue weighted by atomic mass is 9.91. The lowest BCUT2D eigenvalue weighted by Crippen LogP contribution is -2.41. The average Bonchev–Trinajstić information content (AvgIpc) is 2.61. The highest BCUT2D eigenvalue weighted by Crippen LogP contribution is 2.33. The van der Waals surface area contributed by atoms with Crippen molar-refractivity contribution in [2.24, 2.45) is 5.92 Å². The molecule has 2 saturated carbocycles. The monoisotopic (exact) mass is 169 g/mol. The Hall–Kier alpha value is -0.0800. The lowest BCUT2D eigenvalue weighted by molar-refractivity contribution is 0.0657. The van der Waals surface area contributed by atoms with E-state index in [0.717, 1.165) is 12.6 Å². The standard InChI is InChI=1S/C10H19NO/c1-11(9-3-2-4-9)7-10(12)8-5-6-8/h8-10,12H,2-7H2,1H3. The second-order valence-electron chi connectivity index (χ2n) is 4.43. The molecule has 1 unspecified atom stereocenters. The minimum atomic E-state index is -0.0457. The molecule has 2 nitrogen and oxygen atoms in total. The predicted molar refractivity (Wildman–Crippen MR) is 49.0 cm³/mol. The van der Waals surface area contributed by atoms with E-state index in [0.29, 0.717) is 5.92 Å². The number of aliphatic hydroxyl groups is 1. The quantitative estimate of drug-likeness (QED) is 0.684. The summed E-state index contributed by atoms with van der Waals surface area (Å²) in [4.78, 5) is 2.34. The van der Waals surface area contributed by atoms with Crippen LogP contribution >= 0.6 is 0 Å². The summed E-state index contributed by atoms with van der Waals surface area (Å²) in [7, 11) is 2.15. The van der Waals surface area contributed by atoms with Crippen molar-refractivity contribution in [3.05, 3.63) is 0 Å². The molecule has 12 heavy (non-hydrogen) atoms. The fraction of sp³-hybridized carbons (Fsp3) is 1.00. The Kier molecular flexibility index (Phi) is 2.37. The van der Waals surface area contributed by atoms with E-state index in [1.807, 2.05) is 0 Å². The molecular weight excluding hydrogens is 150 g/mol. The Morgan fingerprint density at radius 2 is 2.00 bits per heavy atom. The smallest absolute Gasteiger partial charge is 0.0695 e. The van der Waals surface area contributed by atoms with Crippen LogP contribution in [0.5, 0.6) is 0 Å². The zero-order valence-corrected chi connectivity index (χ0v) is 7.87. The van der Waals surface area contributed by atoms with Gasteiger partial charge in [0.05, 0.1) is 6.10 Å². The molecule has 0 spiro atoms. The van der Waals surface area contributed by atoms with E-state index in [4.69, 9.17) is 0 Å². The highest BCUT2D eigenvalue weighted by molar-refractivity contribution is 4.85. The first-order chi connectivity index (χ1) is 5.77. The van der Waals surface area contributed by atoms with Crippen LogP contribution in [0, 0.1) is 5.92 Å². The van der Waals surface area contributed by atoms with Crippen LogP contribution in [-0.4, -0.2) is 35.7 Å². The Balaban J connectivity index is 1.69. The molecule has 0 aromatic rings. The van der Waals surface area contributed by atoms with Crippen LogP contribution in [0.1, 0.15) is 32.1 Å². The Labute approximate surface area is 74.6 Å². The van der Waals surface area contributed by atoms with Crippen molar-refractivity contribution in [2.45, 2.75) is 44.2 Å². The van der Waals surface area contributed by atoms with Crippen molar-refractivity contribution in [1.82, 2.24) is 4.90 Å². The topological polar surface area (TPSA) is 23.5 Å². The number of aliphatic hydroxyl groups excluding tert-OH is 1. The van der Waals surface area contributed by atoms with E-state index in [1.54, 1.807) is 0 Å². The third-order valence-electron chi connectivity index (χ3n) is 3.34. The van der Waals surface area contributed by atoms with Gasteiger partial charge in [-0.2, -0.15) is 0 Å². The Bertz CT molecular complexity index is 152. The second-order valence-corrected chi connectivity index (χ2v) is 4.43. The summed E-state index contributed by atoms with van der Waals surface area (Å²) in [5.74, 6) is 0.632. The second kappa shape index (κ2) is 3.35. The molecule has 0 aliphatic heterocycles. The van der Waals surface area contributed by atoms with Gasteiger partial charge >= 0.3 is 0 Å². The summed E-state index contributed by atoms with van der Waals surface area (Å²) in [5, 5.41) is 9.69. The fourth-order valence-electron chi connectivity index (χ4n) is 1.90. The van der Waals surface area contributed by atoms with Gasteiger partial charge in [0.25, 0.3) is 0 Å². The van der Waals surface area contributed by atoms with Crippen molar-refractivity contribution in [3.63, 3.8) is 0 Å². The molecule has 0 radical (unpaired) electrons. The van der Waals surface area contributed by atoms with Crippen molar-refractivity contribution >= 4 is 0 Å². The maximum atomic E-state index is 9.69. The zero-order chi connectivity index (χ0) is 8.55. The number of hydrogen-bond acceptors (Lipinski definition) is 2. The van der Waals surface area contributed by atoms with Crippen LogP contribution in [0.3, 0.4) is 0 Å². The van der Waals surface area contributed by atoms with Gasteiger partial charge in [0.1, 0.15) is 0 Å². The van der Waals surface area contributed by atoms with E-state index in [9.17, 15) is 5.11 Å². The van der Waals surface area contributed by atoms with E-state index in [2.05, 4.69) is 11.9 Å². The molecule has 0 saturated heterocycles. The summed E-state index contributed by atoms with van der Waals surface area (Å²) in [5.41, 5.74) is 0. The lowest BCUT2D eigenvalue weighted by Gasteiger charge is -2.35. The van der Waals surface area contributed by atoms with Gasteiger partial charge in [-0.3, -0.25) is 0 Å². The van der Waals surface area contributed by atoms with E-state index in [1.165, 1.54) is 32.1 Å². The van der Waals surface area contributed by atoms with Gasteiger partial charge < -0.3 is 10.0 Å². The van der Waals surface area contributed by atoms with Crippen LogP contribution < -0.4 is 0 Å². The minimum absolute atomic E-state index is 0.0457. The van der Waals surface area contributed by atoms with Crippen molar-refractivity contribution < 1.29 is 5.11 Å². The fourth-order valence-corrected chi connectivity index (χ4v) is 1.90. The summed E-state index contributed by atoms with van der Waals surface area (Å²) < 4.78 is 0. The van der Waals surface area contributed by atoms with Crippen molar-refractivity contribution in [3.8, 4) is 0 Å². The number of likely N-dealkylation sites (N-methyl/N-ethyl adjacent to an activating group) is 1. The molecule has 0 aromatic heterocycles. The molecule has 2 fully saturated rings. The van der Waals surface area contributed by atoms with Gasteiger partial charge in [0.2, 0.25) is 0 Å². The molecule has 1 atom stereocenters. The summed E-state index contributed by atoms with van der Waals surface area (Å²) >= 11 is 0. The van der Waals surface area contributed by atoms with Gasteiger partial charge in [0.15, 0.2) is 0 Å². The maximum absolute atomic E-state index is 9.69. The summed E-state index contributed by atoms with van der Waals surface area (Å²) in [6.45, 7) is 0.898. The number of nitrogens with zero attached hydrogens (tertiary/aromatic N) is 1. The van der Waals surface area contributed by atoms with E-state index >= 15 is 0 Å². The SMILES string of the molecule is CN(CC(O)C1CC1)C1CCC1. The highest BCUT2D eigenvalue weighted by Gasteiger charge is 2.32. The molecule has 0 amide bonds. The molecule has 1 N–H and O–H groups in total. The molecule has 0 heterocycles. The molecular formula is C10H19NO. The molecule has 2 rings (SSSR count). The first-order valence-electron chi connectivity index (χ1n) is 5.15. The molecule has 2 aliphatic carbocycles. The molecule has 0 aromatic carbocycles. The van der Waals surface area contributed by atoms with Crippen LogP contribution in [0.2, 0.25) is 0 Å². The number of hydrogen-bond donors (Lipinski definition) is 1. The predicted octanol–water partition coefficient (Wildman–Crippen LogP) is 1.24. The largest absolute Gasteiger partial charge is 0.392 e. The van der Waals surface area contributed by atoms with Crippen LogP contribution in [-0.2, 0) is 0 Å². The summed E-state index contributed by atoms with van der Waals surface area (Å²) in [6.07, 6.45) is 6.52. The molecule has 2 heteroatoms. The van der Waals surface area contributed by atoms with Gasteiger partial charge in [-0.05, 0) is 38.6 Å². The Morgan fingerprint density at radius 1 is 1.33 bits per heavy atom. The van der Waals surface area contributed by atoms with Crippen molar-refractivity contribution in [1.29, 1.82) is 0 Å². The average molecular weight is 169 g/mol. The van der Waals surface area contributed by atoms with Crippen molar-refractivity contribution in [2.75, 3.05) is 13.6 Å². The van der Waals surface area contributed by atoms with E-state index < -0.39 is 0 Å². The van der Waals surface area contributed by atoms with Gasteiger partial charge in [-0.25, -0.2) is 0 Å². The zero-order valence-electron chi connectivity index (χ0n) is 7.87. The Morgan fingerprint density at radius 3 is 2.42 bits per heavy atom. The van der Waals surface area contributed by atoms with Gasteiger partial charge in [-0.1, -0.05) is 6.42 Å². The highest BCUT2D eigenvalue weighted by atomic mass is 16.3. The third kappa shape index (κ3) is 1.80.